The Morgan fingerprint density at radius 2 is 1.73 bits per heavy atom. The van der Waals surface area contributed by atoms with E-state index in [1.54, 1.807) is 12.1 Å². The third-order valence-corrected chi connectivity index (χ3v) is 4.25. The maximum absolute atomic E-state index is 12.1. The van der Waals surface area contributed by atoms with Gasteiger partial charge in [-0.05, 0) is 31.2 Å². The highest BCUT2D eigenvalue weighted by molar-refractivity contribution is 9.10. The fourth-order valence-corrected chi connectivity index (χ4v) is 2.67. The Labute approximate surface area is 140 Å². The van der Waals surface area contributed by atoms with Gasteiger partial charge < -0.3 is 4.42 Å². The number of carbonyl (C=O) groups excluding carboxylic acids is 1. The second kappa shape index (κ2) is 6.46. The molecule has 3 rings (SSSR count). The Balaban J connectivity index is 1.75. The van der Waals surface area contributed by atoms with Crippen LogP contribution < -0.4 is 0 Å². The number of hydrogen-bond acceptors (Lipinski definition) is 5. The van der Waals surface area contributed by atoms with Gasteiger partial charge >= 0.3 is 0 Å². The van der Waals surface area contributed by atoms with Crippen molar-refractivity contribution in [3.05, 3.63) is 64.1 Å². The van der Waals surface area contributed by atoms with Gasteiger partial charge in [0.25, 0.3) is 5.22 Å². The molecule has 0 bridgehead atoms. The molecule has 6 heteroatoms. The van der Waals surface area contributed by atoms with Crippen molar-refractivity contribution in [3.8, 4) is 11.5 Å². The van der Waals surface area contributed by atoms with E-state index in [0.717, 1.165) is 27.4 Å². The zero-order valence-corrected chi connectivity index (χ0v) is 14.0. The number of aryl methyl sites for hydroxylation is 1. The Morgan fingerprint density at radius 1 is 1.05 bits per heavy atom. The fourth-order valence-electron chi connectivity index (χ4n) is 1.79. The quantitative estimate of drug-likeness (QED) is 0.619. The molecule has 0 amide bonds. The first-order chi connectivity index (χ1) is 10.6. The summed E-state index contributed by atoms with van der Waals surface area (Å²) in [4.78, 5) is 12.1. The van der Waals surface area contributed by atoms with Crippen LogP contribution in [0, 0.1) is 6.92 Å². The minimum absolute atomic E-state index is 0.119. The van der Waals surface area contributed by atoms with Crippen LogP contribution in [0.15, 0.2) is 62.6 Å². The Morgan fingerprint density at radius 3 is 2.41 bits per heavy atom. The molecule has 1 heterocycles. The van der Waals surface area contributed by atoms with E-state index in [2.05, 4.69) is 26.1 Å². The molecule has 1 aromatic heterocycles. The molecule has 0 aliphatic heterocycles. The van der Waals surface area contributed by atoms with Crippen LogP contribution in [0.2, 0.25) is 0 Å². The van der Waals surface area contributed by atoms with Crippen molar-refractivity contribution in [2.24, 2.45) is 0 Å². The van der Waals surface area contributed by atoms with Gasteiger partial charge in [0.15, 0.2) is 0 Å². The zero-order chi connectivity index (χ0) is 15.5. The molecule has 3 aromatic rings. The minimum Gasteiger partial charge on any atom is -0.411 e. The molecule has 0 aliphatic carbocycles. The molecule has 110 valence electrons. The number of hydrogen-bond donors (Lipinski definition) is 0. The number of thioether (sulfide) groups is 1. The van der Waals surface area contributed by atoms with E-state index in [9.17, 15) is 4.79 Å². The molecule has 2 aromatic carbocycles. The second-order valence-electron chi connectivity index (χ2n) is 4.64. The van der Waals surface area contributed by atoms with Crippen LogP contribution in [0.1, 0.15) is 15.9 Å². The number of benzene rings is 2. The molecule has 0 N–H and O–H groups in total. The predicted molar refractivity (Wildman–Crippen MR) is 88.8 cm³/mol. The maximum atomic E-state index is 12.1. The molecule has 0 unspecified atom stereocenters. The SMILES string of the molecule is Cc1ccc(C(=O)Sc2nnc(-c3ccc(Br)cc3)o2)cc1. The van der Waals surface area contributed by atoms with E-state index in [-0.39, 0.29) is 10.3 Å². The van der Waals surface area contributed by atoms with Gasteiger partial charge in [0.1, 0.15) is 0 Å². The van der Waals surface area contributed by atoms with Crippen molar-refractivity contribution >= 4 is 32.8 Å². The molecule has 0 saturated carbocycles. The summed E-state index contributed by atoms with van der Waals surface area (Å²) in [5.74, 6) is 0.395. The van der Waals surface area contributed by atoms with Gasteiger partial charge in [-0.15, -0.1) is 10.2 Å². The van der Waals surface area contributed by atoms with E-state index < -0.39 is 0 Å². The van der Waals surface area contributed by atoms with E-state index in [0.29, 0.717) is 11.5 Å². The van der Waals surface area contributed by atoms with Crippen molar-refractivity contribution in [2.45, 2.75) is 12.1 Å². The fraction of sp³-hybridized carbons (Fsp3) is 0.0625. The highest BCUT2D eigenvalue weighted by Gasteiger charge is 2.14. The third kappa shape index (κ3) is 3.45. The molecule has 0 fully saturated rings. The molecule has 0 radical (unpaired) electrons. The number of halogens is 1. The molecular formula is C16H11BrN2O2S. The number of rotatable bonds is 3. The maximum Gasteiger partial charge on any atom is 0.284 e. The van der Waals surface area contributed by atoms with E-state index in [4.69, 9.17) is 4.42 Å². The van der Waals surface area contributed by atoms with E-state index in [1.807, 2.05) is 43.3 Å². The van der Waals surface area contributed by atoms with Crippen LogP contribution in [0.5, 0.6) is 0 Å². The summed E-state index contributed by atoms with van der Waals surface area (Å²) in [5, 5.41) is 8.00. The van der Waals surface area contributed by atoms with Crippen LogP contribution in [0.3, 0.4) is 0 Å². The van der Waals surface area contributed by atoms with Crippen LogP contribution in [-0.4, -0.2) is 15.3 Å². The summed E-state index contributed by atoms with van der Waals surface area (Å²) < 4.78 is 6.50. The average molecular weight is 375 g/mol. The molecule has 4 nitrogen and oxygen atoms in total. The van der Waals surface area contributed by atoms with Gasteiger partial charge in [-0.1, -0.05) is 45.8 Å². The van der Waals surface area contributed by atoms with Crippen molar-refractivity contribution in [3.63, 3.8) is 0 Å². The summed E-state index contributed by atoms with van der Waals surface area (Å²) in [6, 6.07) is 14.9. The smallest absolute Gasteiger partial charge is 0.284 e. The highest BCUT2D eigenvalue weighted by Crippen LogP contribution is 2.26. The normalized spacial score (nSPS) is 10.6. The summed E-state index contributed by atoms with van der Waals surface area (Å²) >= 11 is 4.30. The van der Waals surface area contributed by atoms with Gasteiger partial charge in [-0.2, -0.15) is 0 Å². The lowest BCUT2D eigenvalue weighted by atomic mass is 10.2. The van der Waals surface area contributed by atoms with Crippen LogP contribution in [-0.2, 0) is 0 Å². The van der Waals surface area contributed by atoms with Crippen LogP contribution >= 0.6 is 27.7 Å². The second-order valence-corrected chi connectivity index (χ2v) is 6.48. The number of carbonyl (C=O) groups is 1. The molecule has 0 aliphatic rings. The monoisotopic (exact) mass is 374 g/mol. The summed E-state index contributed by atoms with van der Waals surface area (Å²) in [6.45, 7) is 1.98. The summed E-state index contributed by atoms with van der Waals surface area (Å²) in [5.41, 5.74) is 2.53. The van der Waals surface area contributed by atoms with Crippen LogP contribution in [0.4, 0.5) is 0 Å². The van der Waals surface area contributed by atoms with Crippen molar-refractivity contribution in [2.75, 3.05) is 0 Å². The third-order valence-electron chi connectivity index (χ3n) is 2.96. The first-order valence-electron chi connectivity index (χ1n) is 6.50. The van der Waals surface area contributed by atoms with E-state index >= 15 is 0 Å². The first kappa shape index (κ1) is 15.0. The molecule has 22 heavy (non-hydrogen) atoms. The number of aromatic nitrogens is 2. The molecule has 0 spiro atoms. The van der Waals surface area contributed by atoms with Gasteiger partial charge in [0, 0.05) is 27.4 Å². The summed E-state index contributed by atoms with van der Waals surface area (Å²) in [7, 11) is 0. The van der Waals surface area contributed by atoms with Crippen LogP contribution in [0.25, 0.3) is 11.5 Å². The lowest BCUT2D eigenvalue weighted by Gasteiger charge is -1.98. The van der Waals surface area contributed by atoms with E-state index in [1.165, 1.54) is 0 Å². The van der Waals surface area contributed by atoms with Crippen molar-refractivity contribution < 1.29 is 9.21 Å². The van der Waals surface area contributed by atoms with Gasteiger partial charge in [0.2, 0.25) is 11.0 Å². The highest BCUT2D eigenvalue weighted by atomic mass is 79.9. The largest absolute Gasteiger partial charge is 0.411 e. The zero-order valence-electron chi connectivity index (χ0n) is 11.6. The van der Waals surface area contributed by atoms with Gasteiger partial charge in [-0.3, -0.25) is 4.79 Å². The lowest BCUT2D eigenvalue weighted by molar-refractivity contribution is 0.108. The topological polar surface area (TPSA) is 56.0 Å². The first-order valence-corrected chi connectivity index (χ1v) is 8.11. The van der Waals surface area contributed by atoms with Crippen molar-refractivity contribution in [1.82, 2.24) is 10.2 Å². The molecule has 0 saturated heterocycles. The van der Waals surface area contributed by atoms with Gasteiger partial charge in [-0.25, -0.2) is 0 Å². The Kier molecular flexibility index (Phi) is 4.40. The number of nitrogens with zero attached hydrogens (tertiary/aromatic N) is 2. The standard InChI is InChI=1S/C16H11BrN2O2S/c1-10-2-4-12(5-3-10)15(20)22-16-19-18-14(21-16)11-6-8-13(17)9-7-11/h2-9H,1H3. The average Bonchev–Trinajstić information content (AvgIpc) is 2.97. The lowest BCUT2D eigenvalue weighted by Crippen LogP contribution is -1.92. The Bertz CT molecular complexity index is 798. The minimum atomic E-state index is -0.119. The molecular weight excluding hydrogens is 364 g/mol. The molecule has 0 atom stereocenters. The van der Waals surface area contributed by atoms with Crippen molar-refractivity contribution in [1.29, 1.82) is 0 Å². The van der Waals surface area contributed by atoms with Gasteiger partial charge in [0.05, 0.1) is 0 Å². The Hall–Kier alpha value is -1.92. The predicted octanol–water partition coefficient (Wildman–Crippen LogP) is 4.74. The summed E-state index contributed by atoms with van der Waals surface area (Å²) in [6.07, 6.45) is 0.